The fourth-order valence-corrected chi connectivity index (χ4v) is 0.837. The summed E-state index contributed by atoms with van der Waals surface area (Å²) < 4.78 is 0. The van der Waals surface area contributed by atoms with E-state index in [-0.39, 0.29) is 12.0 Å². The first-order valence-corrected chi connectivity index (χ1v) is 3.24. The van der Waals surface area contributed by atoms with E-state index in [0.717, 1.165) is 0 Å². The van der Waals surface area contributed by atoms with Gasteiger partial charge in [0.1, 0.15) is 0 Å². The lowest BCUT2D eigenvalue weighted by molar-refractivity contribution is -0.132. The molecule has 0 spiro atoms. The van der Waals surface area contributed by atoms with E-state index in [9.17, 15) is 4.79 Å². The van der Waals surface area contributed by atoms with Crippen LogP contribution in [-0.2, 0) is 4.79 Å². The number of hydroxylamine groups is 1. The first-order valence-electron chi connectivity index (χ1n) is 3.24. The molecule has 10 heavy (non-hydrogen) atoms. The molecule has 0 rings (SSSR count). The molecule has 4 heteroatoms. The molecule has 0 heterocycles. The number of hydrogen-bond donors (Lipinski definition) is 3. The first kappa shape index (κ1) is 9.39. The van der Waals surface area contributed by atoms with Gasteiger partial charge in [0.15, 0.2) is 0 Å². The molecule has 4 nitrogen and oxygen atoms in total. The van der Waals surface area contributed by atoms with Crippen LogP contribution < -0.4 is 10.8 Å². The van der Waals surface area contributed by atoms with Crippen molar-refractivity contribution in [1.82, 2.24) is 10.8 Å². The SMILES string of the molecule is CN[C@H](C(=O)NO)C(C)C. The number of carbonyl (C=O) groups is 1. The maximum absolute atomic E-state index is 10.8. The zero-order valence-electron chi connectivity index (χ0n) is 6.51. The highest BCUT2D eigenvalue weighted by Crippen LogP contribution is 1.99. The molecule has 0 aromatic heterocycles. The Labute approximate surface area is 60.6 Å². The number of amides is 1. The number of rotatable bonds is 3. The third-order valence-corrected chi connectivity index (χ3v) is 1.37. The highest BCUT2D eigenvalue weighted by Gasteiger charge is 2.18. The predicted octanol–water partition coefficient (Wildman–Crippen LogP) is -0.264. The summed E-state index contributed by atoms with van der Waals surface area (Å²) in [5.41, 5.74) is 1.60. The van der Waals surface area contributed by atoms with Crippen LogP contribution in [0.15, 0.2) is 0 Å². The fraction of sp³-hybridized carbons (Fsp3) is 0.833. The van der Waals surface area contributed by atoms with Crippen LogP contribution in [-0.4, -0.2) is 24.2 Å². The van der Waals surface area contributed by atoms with Crippen molar-refractivity contribution in [3.05, 3.63) is 0 Å². The maximum Gasteiger partial charge on any atom is 0.260 e. The van der Waals surface area contributed by atoms with Crippen LogP contribution in [0.3, 0.4) is 0 Å². The molecule has 3 N–H and O–H groups in total. The molecule has 0 aliphatic heterocycles. The second kappa shape index (κ2) is 4.24. The van der Waals surface area contributed by atoms with Crippen molar-refractivity contribution >= 4 is 5.91 Å². The van der Waals surface area contributed by atoms with Crippen LogP contribution >= 0.6 is 0 Å². The minimum Gasteiger partial charge on any atom is -0.309 e. The van der Waals surface area contributed by atoms with E-state index in [1.807, 2.05) is 13.8 Å². The fourth-order valence-electron chi connectivity index (χ4n) is 0.837. The molecular weight excluding hydrogens is 132 g/mol. The summed E-state index contributed by atoms with van der Waals surface area (Å²) in [6, 6.07) is -0.315. The minimum atomic E-state index is -0.391. The van der Waals surface area contributed by atoms with Crippen molar-refractivity contribution in [3.8, 4) is 0 Å². The van der Waals surface area contributed by atoms with Crippen molar-refractivity contribution in [3.63, 3.8) is 0 Å². The molecule has 60 valence electrons. The summed E-state index contributed by atoms with van der Waals surface area (Å²) in [5, 5.41) is 11.0. The summed E-state index contributed by atoms with van der Waals surface area (Å²) >= 11 is 0. The third-order valence-electron chi connectivity index (χ3n) is 1.37. The van der Waals surface area contributed by atoms with Gasteiger partial charge in [-0.15, -0.1) is 0 Å². The summed E-state index contributed by atoms with van der Waals surface area (Å²) in [6.45, 7) is 3.80. The van der Waals surface area contributed by atoms with Gasteiger partial charge in [-0.3, -0.25) is 10.0 Å². The van der Waals surface area contributed by atoms with Gasteiger partial charge >= 0.3 is 0 Å². The highest BCUT2D eigenvalue weighted by atomic mass is 16.5. The Hall–Kier alpha value is -0.610. The van der Waals surface area contributed by atoms with E-state index in [4.69, 9.17) is 5.21 Å². The average molecular weight is 146 g/mol. The Kier molecular flexibility index (Phi) is 3.99. The number of carbonyl (C=O) groups excluding carboxylic acids is 1. The topological polar surface area (TPSA) is 61.4 Å². The molecule has 0 unspecified atom stereocenters. The lowest BCUT2D eigenvalue weighted by Gasteiger charge is -2.16. The summed E-state index contributed by atoms with van der Waals surface area (Å²) in [5.74, 6) is -0.213. The standard InChI is InChI=1S/C6H14N2O2/c1-4(2)5(7-3)6(9)8-10/h4-5,7,10H,1-3H3,(H,8,9)/t5-/m0/s1. The second-order valence-corrected chi connectivity index (χ2v) is 2.49. The largest absolute Gasteiger partial charge is 0.309 e. The molecule has 0 aliphatic rings. The van der Waals surface area contributed by atoms with Crippen molar-refractivity contribution in [2.45, 2.75) is 19.9 Å². The van der Waals surface area contributed by atoms with Crippen LogP contribution in [0.4, 0.5) is 0 Å². The van der Waals surface area contributed by atoms with Crippen LogP contribution in [0.5, 0.6) is 0 Å². The van der Waals surface area contributed by atoms with Gasteiger partial charge in [0.25, 0.3) is 5.91 Å². The van der Waals surface area contributed by atoms with Gasteiger partial charge in [0.2, 0.25) is 0 Å². The molecule has 0 aromatic carbocycles. The van der Waals surface area contributed by atoms with Gasteiger partial charge in [-0.2, -0.15) is 0 Å². The van der Waals surface area contributed by atoms with Gasteiger partial charge in [0.05, 0.1) is 6.04 Å². The Morgan fingerprint density at radius 3 is 2.10 bits per heavy atom. The molecule has 1 amide bonds. The van der Waals surface area contributed by atoms with Crippen molar-refractivity contribution in [2.24, 2.45) is 5.92 Å². The van der Waals surface area contributed by atoms with E-state index in [1.165, 1.54) is 0 Å². The molecule has 0 fully saturated rings. The normalized spacial score (nSPS) is 13.3. The zero-order valence-corrected chi connectivity index (χ0v) is 6.51. The quantitative estimate of drug-likeness (QED) is 0.379. The van der Waals surface area contributed by atoms with Crippen molar-refractivity contribution in [2.75, 3.05) is 7.05 Å². The van der Waals surface area contributed by atoms with E-state index < -0.39 is 5.91 Å². The number of nitrogens with one attached hydrogen (secondary N) is 2. The Balaban J connectivity index is 3.93. The first-order chi connectivity index (χ1) is 4.63. The highest BCUT2D eigenvalue weighted by molar-refractivity contribution is 5.80. The molecule has 0 radical (unpaired) electrons. The van der Waals surface area contributed by atoms with Crippen LogP contribution in [0.1, 0.15) is 13.8 Å². The van der Waals surface area contributed by atoms with Gasteiger partial charge < -0.3 is 5.32 Å². The van der Waals surface area contributed by atoms with E-state index in [0.29, 0.717) is 0 Å². The van der Waals surface area contributed by atoms with E-state index in [2.05, 4.69) is 5.32 Å². The monoisotopic (exact) mass is 146 g/mol. The second-order valence-electron chi connectivity index (χ2n) is 2.49. The Morgan fingerprint density at radius 2 is 2.00 bits per heavy atom. The maximum atomic E-state index is 10.8. The van der Waals surface area contributed by atoms with Gasteiger partial charge in [-0.25, -0.2) is 5.48 Å². The Bertz CT molecular complexity index is 114. The summed E-state index contributed by atoms with van der Waals surface area (Å²) in [6.07, 6.45) is 0. The smallest absolute Gasteiger partial charge is 0.260 e. The summed E-state index contributed by atoms with van der Waals surface area (Å²) in [4.78, 5) is 10.8. The molecule has 1 atom stereocenters. The van der Waals surface area contributed by atoms with Crippen LogP contribution in [0.2, 0.25) is 0 Å². The van der Waals surface area contributed by atoms with Gasteiger partial charge in [-0.1, -0.05) is 13.8 Å². The molecule has 0 saturated heterocycles. The average Bonchev–Trinajstić information content (AvgIpc) is 1.88. The molecule has 0 aliphatic carbocycles. The minimum absolute atomic E-state index is 0.178. The van der Waals surface area contributed by atoms with Crippen LogP contribution in [0.25, 0.3) is 0 Å². The van der Waals surface area contributed by atoms with Crippen LogP contribution in [0, 0.1) is 5.92 Å². The lowest BCUT2D eigenvalue weighted by Crippen LogP contribution is -2.44. The van der Waals surface area contributed by atoms with Gasteiger partial charge in [0, 0.05) is 0 Å². The van der Waals surface area contributed by atoms with Crippen molar-refractivity contribution in [1.29, 1.82) is 0 Å². The predicted molar refractivity (Wildman–Crippen MR) is 37.6 cm³/mol. The van der Waals surface area contributed by atoms with E-state index >= 15 is 0 Å². The molecule has 0 aromatic rings. The number of likely N-dealkylation sites (N-methyl/N-ethyl adjacent to an activating group) is 1. The number of hydrogen-bond acceptors (Lipinski definition) is 3. The third kappa shape index (κ3) is 2.33. The molecule has 0 bridgehead atoms. The van der Waals surface area contributed by atoms with E-state index in [1.54, 1.807) is 12.5 Å². The zero-order chi connectivity index (χ0) is 8.15. The van der Waals surface area contributed by atoms with Crippen molar-refractivity contribution < 1.29 is 10.0 Å². The Morgan fingerprint density at radius 1 is 1.50 bits per heavy atom. The lowest BCUT2D eigenvalue weighted by atomic mass is 10.0. The molecule has 0 saturated carbocycles. The molecular formula is C6H14N2O2. The van der Waals surface area contributed by atoms with Gasteiger partial charge in [-0.05, 0) is 13.0 Å². The summed E-state index contributed by atoms with van der Waals surface area (Å²) in [7, 11) is 1.68.